The van der Waals surface area contributed by atoms with Crippen LogP contribution in [-0.4, -0.2) is 53.4 Å². The second-order valence-electron chi connectivity index (χ2n) is 6.06. The minimum Gasteiger partial charge on any atom is -0.337 e. The third kappa shape index (κ3) is 5.40. The molecule has 0 radical (unpaired) electrons. The Morgan fingerprint density at radius 2 is 1.72 bits per heavy atom. The maximum absolute atomic E-state index is 12.3. The third-order valence-corrected chi connectivity index (χ3v) is 4.26. The number of rotatable bonds is 5. The van der Waals surface area contributed by atoms with Gasteiger partial charge in [-0.25, -0.2) is 0 Å². The summed E-state index contributed by atoms with van der Waals surface area (Å²) in [5.41, 5.74) is 2.16. The molecule has 3 rings (SSSR count). The van der Waals surface area contributed by atoms with Crippen molar-refractivity contribution in [3.8, 4) is 0 Å². The largest absolute Gasteiger partial charge is 0.337 e. The molecule has 4 nitrogen and oxygen atoms in total. The first-order chi connectivity index (χ1) is 12.3. The van der Waals surface area contributed by atoms with Crippen molar-refractivity contribution in [3.05, 3.63) is 78.1 Å². The van der Waals surface area contributed by atoms with E-state index in [1.807, 2.05) is 41.3 Å². The van der Waals surface area contributed by atoms with E-state index in [2.05, 4.69) is 34.2 Å². The van der Waals surface area contributed by atoms with E-state index in [1.165, 1.54) is 5.56 Å². The summed E-state index contributed by atoms with van der Waals surface area (Å²) in [4.78, 5) is 20.6. The fraction of sp³-hybridized carbons (Fsp3) is 0.238. The lowest BCUT2D eigenvalue weighted by Gasteiger charge is -2.33. The van der Waals surface area contributed by atoms with E-state index in [4.69, 9.17) is 0 Å². The quantitative estimate of drug-likeness (QED) is 0.790. The van der Waals surface area contributed by atoms with Crippen molar-refractivity contribution in [1.29, 1.82) is 0 Å². The molecule has 1 aromatic carbocycles. The van der Waals surface area contributed by atoms with Crippen LogP contribution in [0, 0.1) is 0 Å². The molecule has 2 heterocycles. The van der Waals surface area contributed by atoms with Crippen LogP contribution in [0.3, 0.4) is 0 Å². The number of carbonyl (C=O) groups is 1. The Balaban J connectivity index is 1.43. The topological polar surface area (TPSA) is 36.4 Å². The van der Waals surface area contributed by atoms with Crippen LogP contribution >= 0.6 is 0 Å². The van der Waals surface area contributed by atoms with E-state index in [0.29, 0.717) is 0 Å². The third-order valence-electron chi connectivity index (χ3n) is 4.26. The lowest BCUT2D eigenvalue weighted by atomic mass is 10.2. The van der Waals surface area contributed by atoms with Gasteiger partial charge in [0.25, 0.3) is 0 Å². The van der Waals surface area contributed by atoms with Crippen molar-refractivity contribution < 1.29 is 4.79 Å². The molecule has 0 N–H and O–H groups in total. The first-order valence-electron chi connectivity index (χ1n) is 8.62. The summed E-state index contributed by atoms with van der Waals surface area (Å²) in [6.07, 6.45) is 11.3. The normalized spacial score (nSPS) is 15.9. The van der Waals surface area contributed by atoms with Gasteiger partial charge in [0.15, 0.2) is 0 Å². The van der Waals surface area contributed by atoms with E-state index in [9.17, 15) is 4.79 Å². The van der Waals surface area contributed by atoms with E-state index in [0.717, 1.165) is 38.3 Å². The number of carbonyl (C=O) groups excluding carboxylic acids is 1. The van der Waals surface area contributed by atoms with Crippen molar-refractivity contribution in [3.63, 3.8) is 0 Å². The molecule has 1 aromatic heterocycles. The first-order valence-corrected chi connectivity index (χ1v) is 8.62. The fourth-order valence-electron chi connectivity index (χ4n) is 2.80. The Labute approximate surface area is 149 Å². The van der Waals surface area contributed by atoms with Crippen LogP contribution in [-0.2, 0) is 4.79 Å². The van der Waals surface area contributed by atoms with Crippen molar-refractivity contribution in [2.75, 3.05) is 32.7 Å². The molecule has 2 aromatic rings. The Morgan fingerprint density at radius 1 is 0.960 bits per heavy atom. The van der Waals surface area contributed by atoms with Crippen molar-refractivity contribution in [2.45, 2.75) is 0 Å². The second kappa shape index (κ2) is 8.94. The SMILES string of the molecule is O=C(C=Cc1cccnc1)N1CCN(CC=Cc2ccccc2)CC1. The molecule has 128 valence electrons. The van der Waals surface area contributed by atoms with Gasteiger partial charge in [0.05, 0.1) is 0 Å². The van der Waals surface area contributed by atoms with E-state index in [1.54, 1.807) is 18.5 Å². The highest BCUT2D eigenvalue weighted by atomic mass is 16.2. The highest BCUT2D eigenvalue weighted by molar-refractivity contribution is 5.91. The molecule has 25 heavy (non-hydrogen) atoms. The van der Waals surface area contributed by atoms with Crippen LogP contribution in [0.2, 0.25) is 0 Å². The number of hydrogen-bond acceptors (Lipinski definition) is 3. The van der Waals surface area contributed by atoms with Gasteiger partial charge in [-0.05, 0) is 23.3 Å². The van der Waals surface area contributed by atoms with Crippen molar-refractivity contribution in [2.24, 2.45) is 0 Å². The van der Waals surface area contributed by atoms with Gasteiger partial charge in [-0.3, -0.25) is 14.7 Å². The Hall–Kier alpha value is -2.72. The van der Waals surface area contributed by atoms with Gasteiger partial charge in [-0.2, -0.15) is 0 Å². The first kappa shape index (κ1) is 17.1. The molecular formula is C21H23N3O. The van der Waals surface area contributed by atoms with Crippen LogP contribution in [0.25, 0.3) is 12.2 Å². The van der Waals surface area contributed by atoms with Crippen molar-refractivity contribution >= 4 is 18.1 Å². The zero-order valence-corrected chi connectivity index (χ0v) is 14.3. The van der Waals surface area contributed by atoms with Crippen LogP contribution in [0.15, 0.2) is 67.0 Å². The maximum atomic E-state index is 12.3. The average Bonchev–Trinajstić information content (AvgIpc) is 2.68. The molecule has 1 aliphatic heterocycles. The Bertz CT molecular complexity index is 717. The summed E-state index contributed by atoms with van der Waals surface area (Å²) in [5, 5.41) is 0. The molecule has 4 heteroatoms. The van der Waals surface area contributed by atoms with Gasteiger partial charge in [0, 0.05) is 51.2 Å². The van der Waals surface area contributed by atoms with Gasteiger partial charge < -0.3 is 4.90 Å². The summed E-state index contributed by atoms with van der Waals surface area (Å²) >= 11 is 0. The second-order valence-corrected chi connectivity index (χ2v) is 6.06. The zero-order valence-electron chi connectivity index (χ0n) is 14.3. The monoisotopic (exact) mass is 333 g/mol. The molecule has 0 aliphatic carbocycles. The number of hydrogen-bond donors (Lipinski definition) is 0. The molecular weight excluding hydrogens is 310 g/mol. The molecule has 1 fully saturated rings. The molecule has 0 saturated carbocycles. The van der Waals surface area contributed by atoms with E-state index < -0.39 is 0 Å². The van der Waals surface area contributed by atoms with Gasteiger partial charge in [-0.1, -0.05) is 48.6 Å². The van der Waals surface area contributed by atoms with Gasteiger partial charge in [-0.15, -0.1) is 0 Å². The molecule has 0 bridgehead atoms. The summed E-state index contributed by atoms with van der Waals surface area (Å²) in [6.45, 7) is 4.28. The number of nitrogens with zero attached hydrogens (tertiary/aromatic N) is 3. The maximum Gasteiger partial charge on any atom is 0.246 e. The van der Waals surface area contributed by atoms with Crippen LogP contribution in [0.5, 0.6) is 0 Å². The number of pyridine rings is 1. The number of piperazine rings is 1. The van der Waals surface area contributed by atoms with Gasteiger partial charge >= 0.3 is 0 Å². The Morgan fingerprint density at radius 3 is 2.44 bits per heavy atom. The van der Waals surface area contributed by atoms with Gasteiger partial charge in [0.2, 0.25) is 5.91 Å². The van der Waals surface area contributed by atoms with Crippen LogP contribution < -0.4 is 0 Å². The summed E-state index contributed by atoms with van der Waals surface area (Å²) in [7, 11) is 0. The predicted octanol–water partition coefficient (Wildman–Crippen LogP) is 2.95. The summed E-state index contributed by atoms with van der Waals surface area (Å²) < 4.78 is 0. The minimum atomic E-state index is 0.0725. The number of aromatic nitrogens is 1. The molecule has 1 aliphatic rings. The highest BCUT2D eigenvalue weighted by Crippen LogP contribution is 2.06. The van der Waals surface area contributed by atoms with E-state index >= 15 is 0 Å². The molecule has 1 saturated heterocycles. The fourth-order valence-corrected chi connectivity index (χ4v) is 2.80. The molecule has 0 atom stereocenters. The minimum absolute atomic E-state index is 0.0725. The summed E-state index contributed by atoms with van der Waals surface area (Å²) in [5.74, 6) is 0.0725. The lowest BCUT2D eigenvalue weighted by Crippen LogP contribution is -2.48. The standard InChI is InChI=1S/C21H23N3O/c25-21(11-10-20-8-4-12-22-18-20)24-16-14-23(15-17-24)13-5-9-19-6-2-1-3-7-19/h1-12,18H,13-17H2. The summed E-state index contributed by atoms with van der Waals surface area (Å²) in [6, 6.07) is 14.1. The Kier molecular flexibility index (Phi) is 6.12. The number of benzene rings is 1. The highest BCUT2D eigenvalue weighted by Gasteiger charge is 2.18. The lowest BCUT2D eigenvalue weighted by molar-refractivity contribution is -0.127. The van der Waals surface area contributed by atoms with Crippen LogP contribution in [0.1, 0.15) is 11.1 Å². The molecule has 0 unspecified atom stereocenters. The molecule has 0 spiro atoms. The van der Waals surface area contributed by atoms with Gasteiger partial charge in [0.1, 0.15) is 0 Å². The van der Waals surface area contributed by atoms with Crippen molar-refractivity contribution in [1.82, 2.24) is 14.8 Å². The molecule has 1 amide bonds. The average molecular weight is 333 g/mol. The number of amides is 1. The van der Waals surface area contributed by atoms with E-state index in [-0.39, 0.29) is 5.91 Å². The van der Waals surface area contributed by atoms with Crippen LogP contribution in [0.4, 0.5) is 0 Å². The smallest absolute Gasteiger partial charge is 0.246 e. The zero-order chi connectivity index (χ0) is 17.3. The predicted molar refractivity (Wildman–Crippen MR) is 102 cm³/mol.